The number of ether oxygens (including phenoxy) is 1. The summed E-state index contributed by atoms with van der Waals surface area (Å²) in [4.78, 5) is 0. The Morgan fingerprint density at radius 2 is 2.06 bits per heavy atom. The molecule has 1 aromatic rings. The number of hydrogen-bond acceptors (Lipinski definition) is 3. The normalized spacial score (nSPS) is 20.9. The van der Waals surface area contributed by atoms with Crippen LogP contribution >= 0.6 is 0 Å². The topological polar surface area (TPSA) is 41.5 Å². The zero-order valence-corrected chi connectivity index (χ0v) is 10.6. The van der Waals surface area contributed by atoms with Gasteiger partial charge in [0.05, 0.1) is 0 Å². The Morgan fingerprint density at radius 3 is 2.88 bits per heavy atom. The van der Waals surface area contributed by atoms with Crippen LogP contribution in [-0.4, -0.2) is 24.4 Å². The van der Waals surface area contributed by atoms with Gasteiger partial charge in [0, 0.05) is 30.5 Å². The standard InChI is InChI=1S/C14H21NO2/c1-10-5-6-13(11(2)14(10)16)15-12-4-3-8-17-9-7-12/h5-6,12,15-16H,3-4,7-9H2,1-2H3. The molecule has 1 aliphatic rings. The number of aryl methyl sites for hydroxylation is 1. The van der Waals surface area contributed by atoms with Crippen molar-refractivity contribution in [3.8, 4) is 5.75 Å². The molecule has 1 heterocycles. The smallest absolute Gasteiger partial charge is 0.123 e. The van der Waals surface area contributed by atoms with Gasteiger partial charge in [-0.1, -0.05) is 6.07 Å². The molecule has 0 radical (unpaired) electrons. The van der Waals surface area contributed by atoms with Crippen molar-refractivity contribution < 1.29 is 9.84 Å². The molecule has 1 saturated heterocycles. The van der Waals surface area contributed by atoms with E-state index in [2.05, 4.69) is 11.4 Å². The molecule has 0 aliphatic carbocycles. The largest absolute Gasteiger partial charge is 0.507 e. The van der Waals surface area contributed by atoms with Crippen LogP contribution in [0.4, 0.5) is 5.69 Å². The summed E-state index contributed by atoms with van der Waals surface area (Å²) in [7, 11) is 0. The lowest BCUT2D eigenvalue weighted by Crippen LogP contribution is -2.20. The van der Waals surface area contributed by atoms with Gasteiger partial charge in [0.2, 0.25) is 0 Å². The predicted octanol–water partition coefficient (Wildman–Crippen LogP) is 2.99. The number of rotatable bonds is 2. The molecule has 3 heteroatoms. The zero-order chi connectivity index (χ0) is 12.3. The number of anilines is 1. The van der Waals surface area contributed by atoms with Crippen LogP contribution < -0.4 is 5.32 Å². The summed E-state index contributed by atoms with van der Waals surface area (Å²) in [5, 5.41) is 13.4. The molecule has 2 rings (SSSR count). The Kier molecular flexibility index (Phi) is 3.89. The Hall–Kier alpha value is -1.22. The highest BCUT2D eigenvalue weighted by Gasteiger charge is 2.14. The van der Waals surface area contributed by atoms with Gasteiger partial charge in [0.15, 0.2) is 0 Å². The van der Waals surface area contributed by atoms with E-state index in [1.165, 1.54) is 0 Å². The fraction of sp³-hybridized carbons (Fsp3) is 0.571. The third-order valence-electron chi connectivity index (χ3n) is 3.44. The van der Waals surface area contributed by atoms with Gasteiger partial charge in [-0.2, -0.15) is 0 Å². The third-order valence-corrected chi connectivity index (χ3v) is 3.44. The highest BCUT2D eigenvalue weighted by Crippen LogP contribution is 2.29. The zero-order valence-electron chi connectivity index (χ0n) is 10.6. The second-order valence-corrected chi connectivity index (χ2v) is 4.79. The molecule has 0 amide bonds. The van der Waals surface area contributed by atoms with Crippen LogP contribution in [0.3, 0.4) is 0 Å². The summed E-state index contributed by atoms with van der Waals surface area (Å²) in [6.45, 7) is 5.58. The minimum atomic E-state index is 0.403. The first-order valence-corrected chi connectivity index (χ1v) is 6.32. The maximum atomic E-state index is 9.91. The van der Waals surface area contributed by atoms with Crippen molar-refractivity contribution in [3.63, 3.8) is 0 Å². The first-order valence-electron chi connectivity index (χ1n) is 6.32. The molecular weight excluding hydrogens is 214 g/mol. The number of aromatic hydroxyl groups is 1. The quantitative estimate of drug-likeness (QED) is 0.828. The van der Waals surface area contributed by atoms with E-state index in [9.17, 15) is 5.11 Å². The first kappa shape index (κ1) is 12.2. The summed E-state index contributed by atoms with van der Waals surface area (Å²) in [5.74, 6) is 0.403. The molecule has 17 heavy (non-hydrogen) atoms. The molecule has 1 aliphatic heterocycles. The SMILES string of the molecule is Cc1ccc(NC2CCCOCC2)c(C)c1O. The molecule has 0 bridgehead atoms. The fourth-order valence-electron chi connectivity index (χ4n) is 2.26. The van der Waals surface area contributed by atoms with Crippen LogP contribution in [0.2, 0.25) is 0 Å². The summed E-state index contributed by atoms with van der Waals surface area (Å²) < 4.78 is 5.45. The Morgan fingerprint density at radius 1 is 1.24 bits per heavy atom. The number of hydrogen-bond donors (Lipinski definition) is 2. The highest BCUT2D eigenvalue weighted by atomic mass is 16.5. The summed E-state index contributed by atoms with van der Waals surface area (Å²) in [6, 6.07) is 4.46. The molecule has 1 fully saturated rings. The first-order chi connectivity index (χ1) is 8.18. The van der Waals surface area contributed by atoms with Gasteiger partial charge in [0.1, 0.15) is 5.75 Å². The van der Waals surface area contributed by atoms with Gasteiger partial charge in [-0.15, -0.1) is 0 Å². The van der Waals surface area contributed by atoms with Crippen LogP contribution in [-0.2, 0) is 4.74 Å². The molecule has 94 valence electrons. The molecule has 0 spiro atoms. The molecule has 1 aromatic carbocycles. The second-order valence-electron chi connectivity index (χ2n) is 4.79. The van der Waals surface area contributed by atoms with Crippen molar-refractivity contribution in [3.05, 3.63) is 23.3 Å². The van der Waals surface area contributed by atoms with Crippen LogP contribution in [0.25, 0.3) is 0 Å². The Bertz CT molecular complexity index is 382. The van der Waals surface area contributed by atoms with Crippen LogP contribution in [0.5, 0.6) is 5.75 Å². The van der Waals surface area contributed by atoms with Crippen molar-refractivity contribution in [1.29, 1.82) is 0 Å². The minimum Gasteiger partial charge on any atom is -0.507 e. The summed E-state index contributed by atoms with van der Waals surface area (Å²) >= 11 is 0. The van der Waals surface area contributed by atoms with Gasteiger partial charge in [-0.25, -0.2) is 0 Å². The van der Waals surface area contributed by atoms with E-state index in [0.717, 1.165) is 49.3 Å². The van der Waals surface area contributed by atoms with E-state index in [4.69, 9.17) is 4.74 Å². The lowest BCUT2D eigenvalue weighted by molar-refractivity contribution is 0.144. The van der Waals surface area contributed by atoms with E-state index in [1.54, 1.807) is 0 Å². The number of nitrogens with one attached hydrogen (secondary N) is 1. The van der Waals surface area contributed by atoms with E-state index in [-0.39, 0.29) is 0 Å². The van der Waals surface area contributed by atoms with Crippen LogP contribution in [0.1, 0.15) is 30.4 Å². The average molecular weight is 235 g/mol. The number of benzene rings is 1. The molecule has 1 atom stereocenters. The fourth-order valence-corrected chi connectivity index (χ4v) is 2.26. The van der Waals surface area contributed by atoms with Gasteiger partial charge in [-0.3, -0.25) is 0 Å². The van der Waals surface area contributed by atoms with Crippen LogP contribution in [0.15, 0.2) is 12.1 Å². The molecule has 0 saturated carbocycles. The summed E-state index contributed by atoms with van der Waals surface area (Å²) in [5.41, 5.74) is 2.91. The van der Waals surface area contributed by atoms with Crippen molar-refractivity contribution in [1.82, 2.24) is 0 Å². The molecule has 0 aromatic heterocycles. The Balaban J connectivity index is 2.09. The van der Waals surface area contributed by atoms with Crippen molar-refractivity contribution in [2.75, 3.05) is 18.5 Å². The van der Waals surface area contributed by atoms with E-state index in [0.29, 0.717) is 11.8 Å². The van der Waals surface area contributed by atoms with Crippen molar-refractivity contribution in [2.24, 2.45) is 0 Å². The predicted molar refractivity (Wildman–Crippen MR) is 69.7 cm³/mol. The van der Waals surface area contributed by atoms with Crippen molar-refractivity contribution >= 4 is 5.69 Å². The minimum absolute atomic E-state index is 0.403. The molecular formula is C14H21NO2. The molecule has 1 unspecified atom stereocenters. The van der Waals surface area contributed by atoms with Gasteiger partial charge in [-0.05, 0) is 44.7 Å². The average Bonchev–Trinajstić information content (AvgIpc) is 2.59. The van der Waals surface area contributed by atoms with E-state index < -0.39 is 0 Å². The lowest BCUT2D eigenvalue weighted by atomic mass is 10.1. The molecule has 2 N–H and O–H groups in total. The number of phenols is 1. The lowest BCUT2D eigenvalue weighted by Gasteiger charge is -2.19. The Labute approximate surface area is 103 Å². The monoisotopic (exact) mass is 235 g/mol. The third kappa shape index (κ3) is 2.91. The van der Waals surface area contributed by atoms with Crippen molar-refractivity contribution in [2.45, 2.75) is 39.2 Å². The maximum absolute atomic E-state index is 9.91. The maximum Gasteiger partial charge on any atom is 0.123 e. The van der Waals surface area contributed by atoms with Gasteiger partial charge < -0.3 is 15.2 Å². The van der Waals surface area contributed by atoms with E-state index in [1.807, 2.05) is 19.9 Å². The second kappa shape index (κ2) is 5.41. The van der Waals surface area contributed by atoms with Crippen LogP contribution in [0, 0.1) is 13.8 Å². The number of phenolic OH excluding ortho intramolecular Hbond substituents is 1. The summed E-state index contributed by atoms with van der Waals surface area (Å²) in [6.07, 6.45) is 3.27. The highest BCUT2D eigenvalue weighted by molar-refractivity contribution is 5.59. The van der Waals surface area contributed by atoms with Gasteiger partial charge in [0.25, 0.3) is 0 Å². The van der Waals surface area contributed by atoms with Gasteiger partial charge >= 0.3 is 0 Å². The van der Waals surface area contributed by atoms with E-state index >= 15 is 0 Å². The molecule has 3 nitrogen and oxygen atoms in total.